The molecule has 3 heteroatoms. The lowest BCUT2D eigenvalue weighted by molar-refractivity contribution is 0.525. The highest BCUT2D eigenvalue weighted by Crippen LogP contribution is 2.07. The number of aryl methyl sites for hydroxylation is 1. The van der Waals surface area contributed by atoms with Gasteiger partial charge in [0.1, 0.15) is 5.76 Å². The lowest BCUT2D eigenvalue weighted by atomic mass is 10.2. The van der Waals surface area contributed by atoms with Gasteiger partial charge < -0.3 is 15.1 Å². The van der Waals surface area contributed by atoms with Crippen molar-refractivity contribution in [1.29, 1.82) is 0 Å². The summed E-state index contributed by atoms with van der Waals surface area (Å²) >= 11 is 0. The van der Waals surface area contributed by atoms with E-state index in [1.807, 2.05) is 20.0 Å². The monoisotopic (exact) mass is 182 g/mol. The molecule has 0 saturated heterocycles. The summed E-state index contributed by atoms with van der Waals surface area (Å²) in [6, 6.07) is 2.01. The summed E-state index contributed by atoms with van der Waals surface area (Å²) in [4.78, 5) is 0. The highest BCUT2D eigenvalue weighted by Gasteiger charge is 1.98. The lowest BCUT2D eigenvalue weighted by Crippen LogP contribution is -2.19. The molecule has 13 heavy (non-hydrogen) atoms. The molecule has 3 nitrogen and oxygen atoms in total. The molecule has 0 aromatic carbocycles. The number of rotatable bonds is 6. The Morgan fingerprint density at radius 1 is 1.38 bits per heavy atom. The van der Waals surface area contributed by atoms with E-state index < -0.39 is 0 Å². The predicted octanol–water partition coefficient (Wildman–Crippen LogP) is 1.29. The second-order valence-electron chi connectivity index (χ2n) is 3.14. The number of furan rings is 1. The zero-order valence-corrected chi connectivity index (χ0v) is 8.39. The van der Waals surface area contributed by atoms with Gasteiger partial charge in [-0.15, -0.1) is 0 Å². The Labute approximate surface area is 79.5 Å². The molecular weight excluding hydrogens is 164 g/mol. The molecule has 0 aliphatic rings. The largest absolute Gasteiger partial charge is 0.469 e. The van der Waals surface area contributed by atoms with Gasteiger partial charge in [-0.1, -0.05) is 0 Å². The van der Waals surface area contributed by atoms with Crippen molar-refractivity contribution in [2.45, 2.75) is 19.9 Å². The van der Waals surface area contributed by atoms with Crippen molar-refractivity contribution >= 4 is 0 Å². The van der Waals surface area contributed by atoms with Gasteiger partial charge in [-0.3, -0.25) is 0 Å². The van der Waals surface area contributed by atoms with Crippen molar-refractivity contribution in [3.05, 3.63) is 23.7 Å². The fourth-order valence-corrected chi connectivity index (χ4v) is 1.21. The summed E-state index contributed by atoms with van der Waals surface area (Å²) in [5, 5.41) is 6.48. The molecule has 1 heterocycles. The van der Waals surface area contributed by atoms with Gasteiger partial charge in [0.25, 0.3) is 0 Å². The maximum Gasteiger partial charge on any atom is 0.105 e. The van der Waals surface area contributed by atoms with Gasteiger partial charge >= 0.3 is 0 Å². The molecule has 1 aromatic heterocycles. The van der Waals surface area contributed by atoms with Crippen molar-refractivity contribution in [3.8, 4) is 0 Å². The zero-order valence-electron chi connectivity index (χ0n) is 8.39. The number of nitrogens with one attached hydrogen (secondary N) is 2. The SMILES string of the molecule is CNCCCNCc1ccoc1C. The third-order valence-corrected chi connectivity index (χ3v) is 2.06. The zero-order chi connectivity index (χ0) is 9.52. The molecule has 0 radical (unpaired) electrons. The summed E-state index contributed by atoms with van der Waals surface area (Å²) in [6.07, 6.45) is 2.90. The molecule has 1 aromatic rings. The molecular formula is C10H18N2O. The summed E-state index contributed by atoms with van der Waals surface area (Å²) in [5.41, 5.74) is 1.25. The first kappa shape index (κ1) is 10.3. The first-order chi connectivity index (χ1) is 6.34. The Hall–Kier alpha value is -0.800. The average Bonchev–Trinajstić information content (AvgIpc) is 2.52. The van der Waals surface area contributed by atoms with Crippen molar-refractivity contribution < 1.29 is 4.42 Å². The van der Waals surface area contributed by atoms with E-state index in [0.717, 1.165) is 31.8 Å². The van der Waals surface area contributed by atoms with Crippen LogP contribution in [0.3, 0.4) is 0 Å². The third-order valence-electron chi connectivity index (χ3n) is 2.06. The fraction of sp³-hybridized carbons (Fsp3) is 0.600. The van der Waals surface area contributed by atoms with Crippen LogP contribution in [0.5, 0.6) is 0 Å². The molecule has 0 bridgehead atoms. The molecule has 74 valence electrons. The van der Waals surface area contributed by atoms with E-state index in [4.69, 9.17) is 4.42 Å². The minimum Gasteiger partial charge on any atom is -0.469 e. The first-order valence-corrected chi connectivity index (χ1v) is 4.73. The van der Waals surface area contributed by atoms with Gasteiger partial charge in [0.2, 0.25) is 0 Å². The quantitative estimate of drug-likeness (QED) is 0.651. The van der Waals surface area contributed by atoms with Gasteiger partial charge in [0.15, 0.2) is 0 Å². The van der Waals surface area contributed by atoms with Crippen molar-refractivity contribution in [3.63, 3.8) is 0 Å². The van der Waals surface area contributed by atoms with Crippen molar-refractivity contribution in [2.24, 2.45) is 0 Å². The molecule has 0 amide bonds. The standard InChI is InChI=1S/C10H18N2O/c1-9-10(4-7-13-9)8-12-6-3-5-11-2/h4,7,11-12H,3,5-6,8H2,1-2H3. The van der Waals surface area contributed by atoms with E-state index in [-0.39, 0.29) is 0 Å². The molecule has 0 spiro atoms. The molecule has 0 saturated carbocycles. The van der Waals surface area contributed by atoms with Crippen LogP contribution in [0.2, 0.25) is 0 Å². The van der Waals surface area contributed by atoms with E-state index >= 15 is 0 Å². The summed E-state index contributed by atoms with van der Waals surface area (Å²) in [7, 11) is 1.97. The van der Waals surface area contributed by atoms with E-state index in [1.165, 1.54) is 5.56 Å². The molecule has 0 unspecified atom stereocenters. The lowest BCUT2D eigenvalue weighted by Gasteiger charge is -2.02. The Bertz CT molecular complexity index is 233. The second-order valence-corrected chi connectivity index (χ2v) is 3.14. The van der Waals surface area contributed by atoms with Crippen LogP contribution in [-0.4, -0.2) is 20.1 Å². The van der Waals surface area contributed by atoms with Crippen molar-refractivity contribution in [1.82, 2.24) is 10.6 Å². The third kappa shape index (κ3) is 3.61. The average molecular weight is 182 g/mol. The predicted molar refractivity (Wildman–Crippen MR) is 53.7 cm³/mol. The summed E-state index contributed by atoms with van der Waals surface area (Å²) < 4.78 is 5.19. The minimum absolute atomic E-state index is 0.909. The van der Waals surface area contributed by atoms with Crippen LogP contribution >= 0.6 is 0 Å². The Balaban J connectivity index is 2.10. The van der Waals surface area contributed by atoms with Gasteiger partial charge in [-0.2, -0.15) is 0 Å². The molecule has 2 N–H and O–H groups in total. The van der Waals surface area contributed by atoms with Gasteiger partial charge in [0.05, 0.1) is 6.26 Å². The Kier molecular flexibility index (Phi) is 4.57. The van der Waals surface area contributed by atoms with Crippen LogP contribution in [0.1, 0.15) is 17.7 Å². The smallest absolute Gasteiger partial charge is 0.105 e. The van der Waals surface area contributed by atoms with Crippen LogP contribution in [0.25, 0.3) is 0 Å². The Morgan fingerprint density at radius 3 is 2.85 bits per heavy atom. The Morgan fingerprint density at radius 2 is 2.23 bits per heavy atom. The van der Waals surface area contributed by atoms with E-state index in [9.17, 15) is 0 Å². The topological polar surface area (TPSA) is 37.2 Å². The van der Waals surface area contributed by atoms with E-state index in [0.29, 0.717) is 0 Å². The van der Waals surface area contributed by atoms with Crippen LogP contribution in [0, 0.1) is 6.92 Å². The van der Waals surface area contributed by atoms with Crippen LogP contribution < -0.4 is 10.6 Å². The number of hydrogen-bond donors (Lipinski definition) is 2. The van der Waals surface area contributed by atoms with E-state index in [1.54, 1.807) is 6.26 Å². The van der Waals surface area contributed by atoms with Crippen molar-refractivity contribution in [2.75, 3.05) is 20.1 Å². The second kappa shape index (κ2) is 5.78. The van der Waals surface area contributed by atoms with Gasteiger partial charge in [-0.05, 0) is 39.5 Å². The molecule has 1 rings (SSSR count). The number of hydrogen-bond acceptors (Lipinski definition) is 3. The van der Waals surface area contributed by atoms with Crippen LogP contribution in [0.4, 0.5) is 0 Å². The maximum absolute atomic E-state index is 5.19. The van der Waals surface area contributed by atoms with Crippen LogP contribution in [-0.2, 0) is 6.54 Å². The normalized spacial score (nSPS) is 10.6. The minimum atomic E-state index is 0.909. The highest BCUT2D eigenvalue weighted by molar-refractivity contribution is 5.14. The van der Waals surface area contributed by atoms with Gasteiger partial charge in [0, 0.05) is 12.1 Å². The first-order valence-electron chi connectivity index (χ1n) is 4.73. The molecule has 0 atom stereocenters. The molecule has 0 aliphatic carbocycles. The molecule has 0 fully saturated rings. The highest BCUT2D eigenvalue weighted by atomic mass is 16.3. The maximum atomic E-state index is 5.19. The molecule has 0 aliphatic heterocycles. The van der Waals surface area contributed by atoms with Gasteiger partial charge in [-0.25, -0.2) is 0 Å². The van der Waals surface area contributed by atoms with E-state index in [2.05, 4.69) is 10.6 Å². The van der Waals surface area contributed by atoms with Crippen LogP contribution in [0.15, 0.2) is 16.7 Å². The fourth-order valence-electron chi connectivity index (χ4n) is 1.21. The summed E-state index contributed by atoms with van der Waals surface area (Å²) in [5.74, 6) is 1.01. The summed E-state index contributed by atoms with van der Waals surface area (Å²) in [6.45, 7) is 5.01.